The Balaban J connectivity index is 1.42. The Kier molecular flexibility index (Phi) is 4.74. The van der Waals surface area contributed by atoms with E-state index in [-0.39, 0.29) is 12.0 Å². The SMILES string of the molecule is O=C(C1CCCO1)N1CCC(c2ccnc(-c3ccccc3)n2)CC1. The summed E-state index contributed by atoms with van der Waals surface area (Å²) < 4.78 is 5.53. The molecule has 5 heteroatoms. The molecule has 1 aromatic carbocycles. The molecule has 0 radical (unpaired) electrons. The van der Waals surface area contributed by atoms with Gasteiger partial charge in [-0.1, -0.05) is 30.3 Å². The number of hydrogen-bond acceptors (Lipinski definition) is 4. The molecule has 1 unspecified atom stereocenters. The molecule has 1 atom stereocenters. The number of piperidine rings is 1. The summed E-state index contributed by atoms with van der Waals surface area (Å²) in [5.74, 6) is 1.33. The average molecular weight is 337 g/mol. The normalized spacial score (nSPS) is 21.4. The van der Waals surface area contributed by atoms with Crippen LogP contribution in [0.4, 0.5) is 0 Å². The molecule has 0 N–H and O–H groups in total. The van der Waals surface area contributed by atoms with Gasteiger partial charge in [0.15, 0.2) is 5.82 Å². The van der Waals surface area contributed by atoms with Gasteiger partial charge in [0.25, 0.3) is 5.91 Å². The van der Waals surface area contributed by atoms with Crippen LogP contribution < -0.4 is 0 Å². The van der Waals surface area contributed by atoms with Gasteiger partial charge in [-0.25, -0.2) is 9.97 Å². The van der Waals surface area contributed by atoms with E-state index in [0.717, 1.165) is 62.5 Å². The van der Waals surface area contributed by atoms with Crippen molar-refractivity contribution in [1.82, 2.24) is 14.9 Å². The summed E-state index contributed by atoms with van der Waals surface area (Å²) >= 11 is 0. The largest absolute Gasteiger partial charge is 0.368 e. The zero-order valence-electron chi connectivity index (χ0n) is 14.3. The van der Waals surface area contributed by atoms with Gasteiger partial charge in [-0.15, -0.1) is 0 Å². The monoisotopic (exact) mass is 337 g/mol. The highest BCUT2D eigenvalue weighted by atomic mass is 16.5. The van der Waals surface area contributed by atoms with E-state index in [1.54, 1.807) is 0 Å². The molecule has 130 valence electrons. The molecule has 3 heterocycles. The summed E-state index contributed by atoms with van der Waals surface area (Å²) in [4.78, 5) is 23.6. The van der Waals surface area contributed by atoms with E-state index >= 15 is 0 Å². The van der Waals surface area contributed by atoms with Crippen molar-refractivity contribution >= 4 is 5.91 Å². The minimum atomic E-state index is -0.208. The Bertz CT molecular complexity index is 721. The van der Waals surface area contributed by atoms with Gasteiger partial charge in [-0.2, -0.15) is 0 Å². The van der Waals surface area contributed by atoms with Gasteiger partial charge in [-0.3, -0.25) is 4.79 Å². The molecule has 5 nitrogen and oxygen atoms in total. The maximum absolute atomic E-state index is 12.5. The van der Waals surface area contributed by atoms with Gasteiger partial charge >= 0.3 is 0 Å². The molecule has 4 rings (SSSR count). The van der Waals surface area contributed by atoms with Gasteiger partial charge in [0.1, 0.15) is 6.10 Å². The van der Waals surface area contributed by atoms with Crippen LogP contribution in [0.1, 0.15) is 37.3 Å². The predicted molar refractivity (Wildman–Crippen MR) is 95.0 cm³/mol. The number of benzene rings is 1. The van der Waals surface area contributed by atoms with Crippen LogP contribution in [-0.2, 0) is 9.53 Å². The fraction of sp³-hybridized carbons (Fsp3) is 0.450. The standard InChI is InChI=1S/C20H23N3O2/c24-20(18-7-4-14-25-18)23-12-9-15(10-13-23)17-8-11-21-19(22-17)16-5-2-1-3-6-16/h1-3,5-6,8,11,15,18H,4,7,9-10,12-14H2. The molecule has 2 saturated heterocycles. The van der Waals surface area contributed by atoms with Crippen molar-refractivity contribution in [3.05, 3.63) is 48.3 Å². The van der Waals surface area contributed by atoms with Crippen LogP contribution in [0.2, 0.25) is 0 Å². The van der Waals surface area contributed by atoms with Crippen LogP contribution in [0.25, 0.3) is 11.4 Å². The molecule has 2 fully saturated rings. The number of amides is 1. The molecule has 2 aliphatic rings. The van der Waals surface area contributed by atoms with Gasteiger partial charge in [0.05, 0.1) is 0 Å². The third-order valence-corrected chi connectivity index (χ3v) is 5.14. The number of carbonyl (C=O) groups excluding carboxylic acids is 1. The zero-order chi connectivity index (χ0) is 17.1. The summed E-state index contributed by atoms with van der Waals surface area (Å²) in [7, 11) is 0. The van der Waals surface area contributed by atoms with Crippen molar-refractivity contribution in [3.63, 3.8) is 0 Å². The fourth-order valence-electron chi connectivity index (χ4n) is 3.70. The first-order valence-corrected chi connectivity index (χ1v) is 9.10. The van der Waals surface area contributed by atoms with Crippen LogP contribution in [0, 0.1) is 0 Å². The lowest BCUT2D eigenvalue weighted by molar-refractivity contribution is -0.142. The second-order valence-electron chi connectivity index (χ2n) is 6.77. The van der Waals surface area contributed by atoms with Crippen LogP contribution in [-0.4, -0.2) is 46.6 Å². The van der Waals surface area contributed by atoms with Crippen LogP contribution >= 0.6 is 0 Å². The fourth-order valence-corrected chi connectivity index (χ4v) is 3.70. The highest BCUT2D eigenvalue weighted by Crippen LogP contribution is 2.29. The predicted octanol–water partition coefficient (Wildman–Crippen LogP) is 3.03. The average Bonchev–Trinajstić information content (AvgIpc) is 3.23. The Morgan fingerprint density at radius 2 is 1.88 bits per heavy atom. The van der Waals surface area contributed by atoms with E-state index in [4.69, 9.17) is 9.72 Å². The Labute approximate surface area is 148 Å². The number of nitrogens with zero attached hydrogens (tertiary/aromatic N) is 3. The summed E-state index contributed by atoms with van der Waals surface area (Å²) in [5.41, 5.74) is 2.12. The van der Waals surface area contributed by atoms with Gasteiger partial charge < -0.3 is 9.64 Å². The first-order chi connectivity index (χ1) is 12.3. The van der Waals surface area contributed by atoms with Gasteiger partial charge in [-0.05, 0) is 31.7 Å². The van der Waals surface area contributed by atoms with Crippen molar-refractivity contribution in [3.8, 4) is 11.4 Å². The minimum Gasteiger partial charge on any atom is -0.368 e. The number of hydrogen-bond donors (Lipinski definition) is 0. The maximum Gasteiger partial charge on any atom is 0.251 e. The van der Waals surface area contributed by atoms with Gasteiger partial charge in [0.2, 0.25) is 0 Å². The Morgan fingerprint density at radius 1 is 1.08 bits per heavy atom. The van der Waals surface area contributed by atoms with Gasteiger partial charge in [0, 0.05) is 43.1 Å². The smallest absolute Gasteiger partial charge is 0.251 e. The third-order valence-electron chi connectivity index (χ3n) is 5.14. The van der Waals surface area contributed by atoms with E-state index < -0.39 is 0 Å². The van der Waals surface area contributed by atoms with Crippen molar-refractivity contribution < 1.29 is 9.53 Å². The minimum absolute atomic E-state index is 0.170. The third kappa shape index (κ3) is 3.56. The lowest BCUT2D eigenvalue weighted by atomic mass is 9.93. The lowest BCUT2D eigenvalue weighted by Gasteiger charge is -2.33. The molecule has 0 spiro atoms. The number of carbonyl (C=O) groups is 1. The highest BCUT2D eigenvalue weighted by Gasteiger charge is 2.31. The molecule has 2 aliphatic heterocycles. The summed E-state index contributed by atoms with van der Waals surface area (Å²) in [5, 5.41) is 0. The molecule has 2 aromatic rings. The number of aromatic nitrogens is 2. The zero-order valence-corrected chi connectivity index (χ0v) is 14.3. The van der Waals surface area contributed by atoms with Crippen molar-refractivity contribution in [2.75, 3.05) is 19.7 Å². The first kappa shape index (κ1) is 16.2. The van der Waals surface area contributed by atoms with E-state index in [9.17, 15) is 4.79 Å². The van der Waals surface area contributed by atoms with E-state index in [2.05, 4.69) is 4.98 Å². The van der Waals surface area contributed by atoms with Crippen molar-refractivity contribution in [1.29, 1.82) is 0 Å². The second kappa shape index (κ2) is 7.31. The maximum atomic E-state index is 12.5. The van der Waals surface area contributed by atoms with Crippen LogP contribution in [0.3, 0.4) is 0 Å². The van der Waals surface area contributed by atoms with Crippen LogP contribution in [0.15, 0.2) is 42.6 Å². The quantitative estimate of drug-likeness (QED) is 0.864. The second-order valence-corrected chi connectivity index (χ2v) is 6.77. The molecular formula is C20H23N3O2. The number of likely N-dealkylation sites (tertiary alicyclic amines) is 1. The molecule has 1 amide bonds. The first-order valence-electron chi connectivity index (χ1n) is 9.10. The number of ether oxygens (including phenoxy) is 1. The van der Waals surface area contributed by atoms with Crippen molar-refractivity contribution in [2.45, 2.75) is 37.7 Å². The summed E-state index contributed by atoms with van der Waals surface area (Å²) in [6.07, 6.45) is 5.39. The van der Waals surface area contributed by atoms with Crippen LogP contribution in [0.5, 0.6) is 0 Å². The summed E-state index contributed by atoms with van der Waals surface area (Å²) in [6, 6.07) is 12.1. The Hall–Kier alpha value is -2.27. The molecule has 1 aromatic heterocycles. The highest BCUT2D eigenvalue weighted by molar-refractivity contribution is 5.81. The number of rotatable bonds is 3. The van der Waals surface area contributed by atoms with E-state index in [1.807, 2.05) is 47.5 Å². The molecule has 0 aliphatic carbocycles. The van der Waals surface area contributed by atoms with E-state index in [1.165, 1.54) is 0 Å². The Morgan fingerprint density at radius 3 is 2.60 bits per heavy atom. The van der Waals surface area contributed by atoms with Crippen molar-refractivity contribution in [2.24, 2.45) is 0 Å². The topological polar surface area (TPSA) is 55.3 Å². The molecule has 0 bridgehead atoms. The summed E-state index contributed by atoms with van der Waals surface area (Å²) in [6.45, 7) is 2.29. The van der Waals surface area contributed by atoms with E-state index in [0.29, 0.717) is 5.92 Å². The lowest BCUT2D eigenvalue weighted by Crippen LogP contribution is -2.43. The molecule has 25 heavy (non-hydrogen) atoms. The molecular weight excluding hydrogens is 314 g/mol. The molecule has 0 saturated carbocycles.